The van der Waals surface area contributed by atoms with Crippen molar-refractivity contribution in [1.82, 2.24) is 4.98 Å². The molecule has 0 aliphatic heterocycles. The smallest absolute Gasteiger partial charge is 0.401 e. The Balaban J connectivity index is 3.44. The van der Waals surface area contributed by atoms with E-state index < -0.39 is 41.8 Å². The molecule has 0 fully saturated rings. The number of rotatable bonds is 2. The molecule has 108 valence electrons. The monoisotopic (exact) mass is 296 g/mol. The molecule has 2 N–H and O–H groups in total. The molecule has 0 amide bonds. The molecule has 0 aromatic carbocycles. The first-order valence-electron chi connectivity index (χ1n) is 4.33. The van der Waals surface area contributed by atoms with Crippen molar-refractivity contribution in [3.63, 3.8) is 0 Å². The first kappa shape index (κ1) is 15.2. The van der Waals surface area contributed by atoms with Gasteiger partial charge in [0.15, 0.2) is 11.4 Å². The van der Waals surface area contributed by atoms with E-state index in [2.05, 4.69) is 9.72 Å². The van der Waals surface area contributed by atoms with Crippen molar-refractivity contribution in [1.29, 1.82) is 0 Å². The van der Waals surface area contributed by atoms with Crippen molar-refractivity contribution in [2.45, 2.75) is 19.0 Å². The van der Waals surface area contributed by atoms with Gasteiger partial charge in [0.2, 0.25) is 0 Å². The molecule has 3 nitrogen and oxygen atoms in total. The highest BCUT2D eigenvalue weighted by molar-refractivity contribution is 5.56. The van der Waals surface area contributed by atoms with Gasteiger partial charge in [-0.15, -0.1) is 13.2 Å². The zero-order chi connectivity index (χ0) is 15.0. The highest BCUT2D eigenvalue weighted by Gasteiger charge is 2.42. The second-order valence-corrected chi connectivity index (χ2v) is 3.16. The van der Waals surface area contributed by atoms with Crippen LogP contribution < -0.4 is 10.5 Å². The Labute approximate surface area is 99.5 Å². The second-order valence-electron chi connectivity index (χ2n) is 3.16. The van der Waals surface area contributed by atoms with Crippen molar-refractivity contribution in [3.8, 4) is 5.75 Å². The molecule has 0 atom stereocenters. The summed E-state index contributed by atoms with van der Waals surface area (Å²) in [6.45, 7) is 0. The van der Waals surface area contributed by atoms with E-state index in [-0.39, 0.29) is 6.07 Å². The maximum Gasteiger partial charge on any atom is 0.573 e. The highest BCUT2D eigenvalue weighted by Crippen LogP contribution is 2.41. The van der Waals surface area contributed by atoms with Crippen LogP contribution in [0.4, 0.5) is 40.8 Å². The quantitative estimate of drug-likeness (QED) is 0.849. The predicted molar refractivity (Wildman–Crippen MR) is 45.3 cm³/mol. The Bertz CT molecular complexity index is 467. The number of nitrogens with zero attached hydrogens (tertiary/aromatic N) is 1. The summed E-state index contributed by atoms with van der Waals surface area (Å²) in [5.74, 6) is -1.86. The summed E-state index contributed by atoms with van der Waals surface area (Å²) in [5, 5.41) is 0. The van der Waals surface area contributed by atoms with E-state index in [0.717, 1.165) is 0 Å². The molecule has 0 saturated carbocycles. The number of nitrogens with two attached hydrogens (primary N) is 1. The lowest BCUT2D eigenvalue weighted by atomic mass is 10.2. The van der Waals surface area contributed by atoms with E-state index in [1.165, 1.54) is 0 Å². The van der Waals surface area contributed by atoms with Gasteiger partial charge >= 0.3 is 12.5 Å². The molecule has 0 radical (unpaired) electrons. The number of nitrogen functional groups attached to an aromatic ring is 1. The minimum absolute atomic E-state index is 0.182. The Morgan fingerprint density at radius 3 is 2.00 bits per heavy atom. The third-order valence-electron chi connectivity index (χ3n) is 1.73. The van der Waals surface area contributed by atoms with Crippen LogP contribution in [0.5, 0.6) is 5.75 Å². The molecule has 1 aromatic rings. The summed E-state index contributed by atoms with van der Waals surface area (Å²) in [4.78, 5) is 2.41. The first-order valence-corrected chi connectivity index (χ1v) is 4.33. The van der Waals surface area contributed by atoms with Crippen LogP contribution in [0.25, 0.3) is 0 Å². The zero-order valence-electron chi connectivity index (χ0n) is 8.61. The minimum atomic E-state index is -5.47. The number of alkyl halides is 8. The van der Waals surface area contributed by atoms with Crippen LogP contribution in [0.1, 0.15) is 17.8 Å². The lowest BCUT2D eigenvalue weighted by Gasteiger charge is -2.17. The van der Waals surface area contributed by atoms with Gasteiger partial charge in [0.1, 0.15) is 5.69 Å². The molecule has 0 saturated heterocycles. The largest absolute Gasteiger partial charge is 0.573 e. The molecule has 0 unspecified atom stereocenters. The Morgan fingerprint density at radius 2 is 1.63 bits per heavy atom. The van der Waals surface area contributed by atoms with E-state index in [0.29, 0.717) is 0 Å². The van der Waals surface area contributed by atoms with Gasteiger partial charge < -0.3 is 10.5 Å². The lowest BCUT2D eigenvalue weighted by Crippen LogP contribution is -2.22. The van der Waals surface area contributed by atoms with Gasteiger partial charge in [0.05, 0.1) is 5.69 Å². The molecule has 0 aliphatic rings. The van der Waals surface area contributed by atoms with Gasteiger partial charge in [-0.25, -0.2) is 13.8 Å². The first-order chi connectivity index (χ1) is 8.42. The van der Waals surface area contributed by atoms with Crippen LogP contribution in [0, 0.1) is 0 Å². The van der Waals surface area contributed by atoms with E-state index in [1.54, 1.807) is 0 Å². The molecular weight excluding hydrogens is 292 g/mol. The van der Waals surface area contributed by atoms with Crippen LogP contribution in [0.3, 0.4) is 0 Å². The van der Waals surface area contributed by atoms with Crippen LogP contribution in [-0.4, -0.2) is 11.3 Å². The summed E-state index contributed by atoms with van der Waals surface area (Å²) in [6, 6.07) is 0.182. The van der Waals surface area contributed by atoms with Crippen molar-refractivity contribution in [2.24, 2.45) is 0 Å². The van der Waals surface area contributed by atoms with Crippen LogP contribution >= 0.6 is 0 Å². The van der Waals surface area contributed by atoms with Crippen LogP contribution in [0.2, 0.25) is 0 Å². The van der Waals surface area contributed by atoms with Gasteiger partial charge in [-0.3, -0.25) is 0 Å². The van der Waals surface area contributed by atoms with Crippen molar-refractivity contribution >= 4 is 5.69 Å². The number of ether oxygens (including phenoxy) is 1. The molecule has 11 heteroatoms. The summed E-state index contributed by atoms with van der Waals surface area (Å²) in [6.07, 6.45) is -14.3. The maximum absolute atomic E-state index is 12.4. The number of hydrogen-bond donors (Lipinski definition) is 1. The standard InChI is InChI=1S/C8H4F8N2O/c9-6(10)3-1-2(17)4(19-8(14,15)16)5(18-3)7(11,12)13/h1,6H,(H2,17,18). The average molecular weight is 296 g/mol. The molecule has 0 bridgehead atoms. The average Bonchev–Trinajstić information content (AvgIpc) is 2.16. The van der Waals surface area contributed by atoms with Crippen molar-refractivity contribution in [3.05, 3.63) is 17.5 Å². The molecule has 0 aliphatic carbocycles. The zero-order valence-corrected chi connectivity index (χ0v) is 8.61. The predicted octanol–water partition coefficient (Wildman–Crippen LogP) is 3.52. The van der Waals surface area contributed by atoms with Crippen molar-refractivity contribution in [2.75, 3.05) is 5.73 Å². The molecular formula is C8H4F8N2O. The van der Waals surface area contributed by atoms with Gasteiger partial charge in [-0.2, -0.15) is 13.2 Å². The van der Waals surface area contributed by atoms with Gasteiger partial charge in [-0.1, -0.05) is 0 Å². The van der Waals surface area contributed by atoms with Crippen LogP contribution in [-0.2, 0) is 6.18 Å². The topological polar surface area (TPSA) is 48.1 Å². The summed E-state index contributed by atoms with van der Waals surface area (Å²) in [5.41, 5.74) is -0.0424. The SMILES string of the molecule is Nc1cc(C(F)F)nc(C(F)(F)F)c1OC(F)(F)F. The lowest BCUT2D eigenvalue weighted by molar-refractivity contribution is -0.276. The van der Waals surface area contributed by atoms with Gasteiger partial charge in [0, 0.05) is 0 Å². The highest BCUT2D eigenvalue weighted by atomic mass is 19.4. The number of anilines is 1. The van der Waals surface area contributed by atoms with E-state index in [4.69, 9.17) is 5.73 Å². The Morgan fingerprint density at radius 1 is 1.11 bits per heavy atom. The number of halogens is 8. The number of pyridine rings is 1. The summed E-state index contributed by atoms with van der Waals surface area (Å²) < 4.78 is 101. The molecule has 1 rings (SSSR count). The molecule has 1 heterocycles. The fraction of sp³-hybridized carbons (Fsp3) is 0.375. The van der Waals surface area contributed by atoms with Crippen LogP contribution in [0.15, 0.2) is 6.07 Å². The second kappa shape index (κ2) is 4.70. The Kier molecular flexibility index (Phi) is 3.77. The number of aromatic nitrogens is 1. The fourth-order valence-electron chi connectivity index (χ4n) is 1.10. The molecule has 19 heavy (non-hydrogen) atoms. The molecule has 0 spiro atoms. The van der Waals surface area contributed by atoms with Crippen molar-refractivity contribution < 1.29 is 39.9 Å². The normalized spacial score (nSPS) is 12.9. The summed E-state index contributed by atoms with van der Waals surface area (Å²) >= 11 is 0. The third kappa shape index (κ3) is 3.83. The maximum atomic E-state index is 12.4. The summed E-state index contributed by atoms with van der Waals surface area (Å²) in [7, 11) is 0. The van der Waals surface area contributed by atoms with E-state index in [1.807, 2.05) is 0 Å². The fourth-order valence-corrected chi connectivity index (χ4v) is 1.10. The van der Waals surface area contributed by atoms with Gasteiger partial charge in [0.25, 0.3) is 6.43 Å². The number of hydrogen-bond acceptors (Lipinski definition) is 3. The van der Waals surface area contributed by atoms with Gasteiger partial charge in [-0.05, 0) is 6.07 Å². The Hall–Kier alpha value is -1.81. The van der Waals surface area contributed by atoms with E-state index >= 15 is 0 Å². The molecule has 1 aromatic heterocycles. The minimum Gasteiger partial charge on any atom is -0.401 e. The van der Waals surface area contributed by atoms with E-state index in [9.17, 15) is 35.1 Å². The third-order valence-corrected chi connectivity index (χ3v) is 1.73.